The first-order valence-corrected chi connectivity index (χ1v) is 7.32. The number of halogens is 1. The first-order chi connectivity index (χ1) is 9.93. The molecule has 0 bridgehead atoms. The normalized spacial score (nSPS) is 22.7. The Hall–Kier alpha value is -1.52. The van der Waals surface area contributed by atoms with Gasteiger partial charge in [-0.2, -0.15) is 0 Å². The van der Waals surface area contributed by atoms with Crippen molar-refractivity contribution >= 4 is 29.3 Å². The fraction of sp³-hybridized carbons (Fsp3) is 0.438. The fourth-order valence-electron chi connectivity index (χ4n) is 2.60. The average Bonchev–Trinajstić information content (AvgIpc) is 2.46. The number of hydrogen-bond donors (Lipinski definition) is 1. The highest BCUT2D eigenvalue weighted by Gasteiger charge is 2.30. The molecule has 1 aliphatic rings. The van der Waals surface area contributed by atoms with Crippen LogP contribution in [-0.2, 0) is 9.53 Å². The van der Waals surface area contributed by atoms with E-state index in [0.717, 1.165) is 37.7 Å². The number of benzene rings is 1. The van der Waals surface area contributed by atoms with Gasteiger partial charge in [0.25, 0.3) is 0 Å². The first kappa shape index (κ1) is 15.9. The van der Waals surface area contributed by atoms with Crippen molar-refractivity contribution in [2.24, 2.45) is 0 Å². The molecule has 0 spiro atoms. The number of anilines is 1. The van der Waals surface area contributed by atoms with Crippen LogP contribution in [0.15, 0.2) is 24.3 Å². The van der Waals surface area contributed by atoms with E-state index in [2.05, 4.69) is 11.8 Å². The van der Waals surface area contributed by atoms with E-state index in [-0.39, 0.29) is 5.60 Å². The third kappa shape index (κ3) is 3.99. The molecule has 1 aromatic carbocycles. The lowest BCUT2D eigenvalue weighted by molar-refractivity contribution is -0.131. The van der Waals surface area contributed by atoms with Crippen molar-refractivity contribution in [2.75, 3.05) is 25.1 Å². The molecule has 0 radical (unpaired) electrons. The zero-order valence-corrected chi connectivity index (χ0v) is 13.1. The van der Waals surface area contributed by atoms with Crippen LogP contribution in [0.2, 0.25) is 5.02 Å². The van der Waals surface area contributed by atoms with E-state index in [0.29, 0.717) is 10.6 Å². The summed E-state index contributed by atoms with van der Waals surface area (Å²) in [7, 11) is 1.75. The van der Waals surface area contributed by atoms with Crippen LogP contribution in [0.4, 0.5) is 5.69 Å². The van der Waals surface area contributed by atoms with Gasteiger partial charge < -0.3 is 14.7 Å². The van der Waals surface area contributed by atoms with Crippen LogP contribution in [0.5, 0.6) is 0 Å². The van der Waals surface area contributed by atoms with Gasteiger partial charge in [-0.05, 0) is 43.5 Å². The minimum absolute atomic E-state index is 0.132. The molecular weight excluding hydrogens is 290 g/mol. The number of hydrogen-bond acceptors (Lipinski definition) is 3. The second-order valence-electron chi connectivity index (χ2n) is 5.56. The van der Waals surface area contributed by atoms with Gasteiger partial charge in [-0.15, -0.1) is 0 Å². The maximum atomic E-state index is 10.6. The minimum atomic E-state index is -0.984. The molecule has 114 valence electrons. The molecule has 5 heteroatoms. The Morgan fingerprint density at radius 3 is 2.90 bits per heavy atom. The summed E-state index contributed by atoms with van der Waals surface area (Å²) >= 11 is 6.23. The lowest BCUT2D eigenvalue weighted by atomic mass is 9.94. The highest BCUT2D eigenvalue weighted by molar-refractivity contribution is 6.32. The van der Waals surface area contributed by atoms with Crippen molar-refractivity contribution in [3.63, 3.8) is 0 Å². The van der Waals surface area contributed by atoms with Gasteiger partial charge in [0.05, 0.1) is 5.60 Å². The van der Waals surface area contributed by atoms with Crippen molar-refractivity contribution < 1.29 is 14.6 Å². The van der Waals surface area contributed by atoms with Gasteiger partial charge in [-0.25, -0.2) is 4.79 Å². The Kier molecular flexibility index (Phi) is 4.91. The number of rotatable bonds is 4. The molecule has 1 aromatic rings. The lowest BCUT2D eigenvalue weighted by Crippen LogP contribution is -2.47. The molecule has 0 aliphatic carbocycles. The van der Waals surface area contributed by atoms with E-state index >= 15 is 0 Å². The topological polar surface area (TPSA) is 49.8 Å². The maximum absolute atomic E-state index is 10.6. The SMILES string of the molecule is COC1(C)CCCN(c2ccc(/C=C/C(=O)O)c(Cl)c2)C1. The summed E-state index contributed by atoms with van der Waals surface area (Å²) in [5, 5.41) is 9.21. The van der Waals surface area contributed by atoms with Crippen LogP contribution in [0, 0.1) is 0 Å². The van der Waals surface area contributed by atoms with Crippen molar-refractivity contribution in [2.45, 2.75) is 25.4 Å². The van der Waals surface area contributed by atoms with Crippen molar-refractivity contribution in [1.82, 2.24) is 0 Å². The van der Waals surface area contributed by atoms with Gasteiger partial charge in [-0.3, -0.25) is 0 Å². The monoisotopic (exact) mass is 309 g/mol. The Morgan fingerprint density at radius 1 is 1.52 bits per heavy atom. The van der Waals surface area contributed by atoms with Gasteiger partial charge in [0.1, 0.15) is 0 Å². The summed E-state index contributed by atoms with van der Waals surface area (Å²) in [6.07, 6.45) is 4.71. The number of piperidine rings is 1. The van der Waals surface area contributed by atoms with Gasteiger partial charge in [0.15, 0.2) is 0 Å². The average molecular weight is 310 g/mol. The van der Waals surface area contributed by atoms with Crippen LogP contribution in [0.1, 0.15) is 25.3 Å². The summed E-state index contributed by atoms with van der Waals surface area (Å²) in [5.74, 6) is -0.984. The van der Waals surface area contributed by atoms with Gasteiger partial charge in [0.2, 0.25) is 0 Å². The van der Waals surface area contributed by atoms with Crippen LogP contribution < -0.4 is 4.90 Å². The predicted octanol–water partition coefficient (Wildman–Crippen LogP) is 3.44. The van der Waals surface area contributed by atoms with E-state index in [1.54, 1.807) is 7.11 Å². The van der Waals surface area contributed by atoms with Crippen molar-refractivity contribution in [3.8, 4) is 0 Å². The highest BCUT2D eigenvalue weighted by atomic mass is 35.5. The Bertz CT molecular complexity index is 558. The lowest BCUT2D eigenvalue weighted by Gasteiger charge is -2.40. The molecule has 4 nitrogen and oxygen atoms in total. The van der Waals surface area contributed by atoms with E-state index in [1.807, 2.05) is 18.2 Å². The molecule has 1 N–H and O–H groups in total. The number of carbonyl (C=O) groups is 1. The molecule has 1 fully saturated rings. The minimum Gasteiger partial charge on any atom is -0.478 e. The third-order valence-electron chi connectivity index (χ3n) is 3.91. The second-order valence-corrected chi connectivity index (χ2v) is 5.96. The molecule has 1 aliphatic heterocycles. The number of nitrogens with zero attached hydrogens (tertiary/aromatic N) is 1. The Labute approximate surface area is 130 Å². The van der Waals surface area contributed by atoms with Crippen LogP contribution in [0.25, 0.3) is 6.08 Å². The Balaban J connectivity index is 2.18. The molecular formula is C16H20ClNO3. The fourth-order valence-corrected chi connectivity index (χ4v) is 2.84. The number of methoxy groups -OCH3 is 1. The standard InChI is InChI=1S/C16H20ClNO3/c1-16(21-2)8-3-9-18(11-16)13-6-4-12(14(17)10-13)5-7-15(19)20/h4-7,10H,3,8-9,11H2,1-2H3,(H,19,20)/b7-5+. The van der Waals surface area contributed by atoms with E-state index in [1.165, 1.54) is 6.08 Å². The zero-order valence-electron chi connectivity index (χ0n) is 12.3. The highest BCUT2D eigenvalue weighted by Crippen LogP contribution is 2.30. The summed E-state index contributed by atoms with van der Waals surface area (Å²) in [6, 6.07) is 5.69. The van der Waals surface area contributed by atoms with Crippen molar-refractivity contribution in [3.05, 3.63) is 34.9 Å². The number of carboxylic acid groups (broad SMARTS) is 1. The number of ether oxygens (including phenoxy) is 1. The molecule has 1 saturated heterocycles. The summed E-state index contributed by atoms with van der Waals surface area (Å²) in [6.45, 7) is 3.91. The zero-order chi connectivity index (χ0) is 15.5. The molecule has 2 rings (SSSR count). The number of carboxylic acids is 1. The largest absolute Gasteiger partial charge is 0.478 e. The van der Waals surface area contributed by atoms with Crippen LogP contribution in [-0.4, -0.2) is 36.9 Å². The first-order valence-electron chi connectivity index (χ1n) is 6.94. The molecule has 1 atom stereocenters. The van der Waals surface area contributed by atoms with Gasteiger partial charge in [-0.1, -0.05) is 17.7 Å². The molecule has 0 aromatic heterocycles. The van der Waals surface area contributed by atoms with Crippen LogP contribution >= 0.6 is 11.6 Å². The predicted molar refractivity (Wildman–Crippen MR) is 85.0 cm³/mol. The smallest absolute Gasteiger partial charge is 0.328 e. The van der Waals surface area contributed by atoms with Gasteiger partial charge in [0, 0.05) is 37.0 Å². The second kappa shape index (κ2) is 6.50. The number of aliphatic carboxylic acids is 1. The Morgan fingerprint density at radius 2 is 2.29 bits per heavy atom. The molecule has 1 unspecified atom stereocenters. The van der Waals surface area contributed by atoms with E-state index in [9.17, 15) is 4.79 Å². The third-order valence-corrected chi connectivity index (χ3v) is 4.23. The molecule has 0 saturated carbocycles. The van der Waals surface area contributed by atoms with Crippen LogP contribution in [0.3, 0.4) is 0 Å². The van der Waals surface area contributed by atoms with Gasteiger partial charge >= 0.3 is 5.97 Å². The maximum Gasteiger partial charge on any atom is 0.328 e. The summed E-state index contributed by atoms with van der Waals surface area (Å²) < 4.78 is 5.60. The summed E-state index contributed by atoms with van der Waals surface area (Å²) in [4.78, 5) is 12.8. The molecule has 21 heavy (non-hydrogen) atoms. The van der Waals surface area contributed by atoms with Crippen molar-refractivity contribution in [1.29, 1.82) is 0 Å². The van der Waals surface area contributed by atoms with E-state index in [4.69, 9.17) is 21.4 Å². The van der Waals surface area contributed by atoms with E-state index < -0.39 is 5.97 Å². The molecule has 1 heterocycles. The molecule has 0 amide bonds. The summed E-state index contributed by atoms with van der Waals surface area (Å²) in [5.41, 5.74) is 1.61. The quantitative estimate of drug-likeness (QED) is 0.866.